The van der Waals surface area contributed by atoms with E-state index < -0.39 is 0 Å². The van der Waals surface area contributed by atoms with E-state index in [9.17, 15) is 0 Å². The molecule has 2 rings (SSSR count). The van der Waals surface area contributed by atoms with Gasteiger partial charge >= 0.3 is 0 Å². The third kappa shape index (κ3) is 2.10. The molecule has 16 heavy (non-hydrogen) atoms. The molecule has 0 radical (unpaired) electrons. The quantitative estimate of drug-likeness (QED) is 0.675. The van der Waals surface area contributed by atoms with Gasteiger partial charge in [-0.1, -0.05) is 11.6 Å². The number of nitrogen functional groups attached to an aromatic ring is 1. The molecule has 0 amide bonds. The number of hydrogen-bond donors (Lipinski definition) is 3. The Morgan fingerprint density at radius 2 is 2.31 bits per heavy atom. The summed E-state index contributed by atoms with van der Waals surface area (Å²) in [5.41, 5.74) is 8.18. The highest BCUT2D eigenvalue weighted by Crippen LogP contribution is 2.16. The Hall–Kier alpha value is -2.11. The van der Waals surface area contributed by atoms with E-state index in [4.69, 9.17) is 5.73 Å². The van der Waals surface area contributed by atoms with Gasteiger partial charge in [-0.15, -0.1) is 0 Å². The van der Waals surface area contributed by atoms with Crippen LogP contribution in [0.25, 0.3) is 11.2 Å². The number of nitrogens with zero attached hydrogens (tertiary/aromatic N) is 3. The molecule has 0 aliphatic heterocycles. The van der Waals surface area contributed by atoms with Crippen molar-refractivity contribution in [2.75, 3.05) is 17.6 Å². The Kier molecular flexibility index (Phi) is 2.72. The summed E-state index contributed by atoms with van der Waals surface area (Å²) in [5, 5.41) is 3.17. The predicted octanol–water partition coefficient (Wildman–Crippen LogP) is 1.31. The normalized spacial score (nSPS) is 10.4. The lowest BCUT2D eigenvalue weighted by Gasteiger charge is -2.04. The molecule has 0 saturated carbocycles. The van der Waals surface area contributed by atoms with Crippen LogP contribution in [0, 0.1) is 0 Å². The monoisotopic (exact) mass is 218 g/mol. The summed E-state index contributed by atoms with van der Waals surface area (Å²) in [5.74, 6) is 0.900. The molecule has 0 aliphatic rings. The van der Waals surface area contributed by atoms with E-state index in [1.807, 2.05) is 13.8 Å². The highest BCUT2D eigenvalue weighted by molar-refractivity contribution is 5.83. The van der Waals surface area contributed by atoms with E-state index in [1.165, 1.54) is 5.57 Å². The number of hydrogen-bond acceptors (Lipinski definition) is 5. The number of rotatable bonds is 3. The Morgan fingerprint density at radius 1 is 1.50 bits per heavy atom. The number of nitrogens with one attached hydrogen (secondary N) is 2. The van der Waals surface area contributed by atoms with E-state index in [2.05, 4.69) is 31.3 Å². The second-order valence-electron chi connectivity index (χ2n) is 3.69. The Morgan fingerprint density at radius 3 is 3.06 bits per heavy atom. The molecule has 84 valence electrons. The van der Waals surface area contributed by atoms with Gasteiger partial charge in [0.1, 0.15) is 5.52 Å². The molecule has 0 fully saturated rings. The van der Waals surface area contributed by atoms with E-state index in [-0.39, 0.29) is 5.95 Å². The van der Waals surface area contributed by atoms with Gasteiger partial charge < -0.3 is 16.0 Å². The second kappa shape index (κ2) is 4.18. The first-order valence-corrected chi connectivity index (χ1v) is 5.00. The van der Waals surface area contributed by atoms with Crippen LogP contribution in [-0.2, 0) is 0 Å². The van der Waals surface area contributed by atoms with E-state index >= 15 is 0 Å². The number of nitrogens with two attached hydrogens (primary N) is 1. The molecule has 6 heteroatoms. The van der Waals surface area contributed by atoms with Crippen molar-refractivity contribution in [2.24, 2.45) is 0 Å². The van der Waals surface area contributed by atoms with Gasteiger partial charge in [-0.3, -0.25) is 0 Å². The zero-order valence-corrected chi connectivity index (χ0v) is 9.28. The predicted molar refractivity (Wildman–Crippen MR) is 64.0 cm³/mol. The maximum atomic E-state index is 5.58. The van der Waals surface area contributed by atoms with Crippen LogP contribution < -0.4 is 11.1 Å². The molecule has 6 nitrogen and oxygen atoms in total. The third-order valence-corrected chi connectivity index (χ3v) is 2.08. The topological polar surface area (TPSA) is 92.5 Å². The van der Waals surface area contributed by atoms with Crippen molar-refractivity contribution in [2.45, 2.75) is 13.8 Å². The largest absolute Gasteiger partial charge is 0.368 e. The number of fused-ring (bicyclic) bond motifs is 1. The highest BCUT2D eigenvalue weighted by atomic mass is 15.1. The van der Waals surface area contributed by atoms with Crippen molar-refractivity contribution in [3.05, 3.63) is 18.0 Å². The van der Waals surface area contributed by atoms with Gasteiger partial charge in [-0.25, -0.2) is 4.98 Å². The fourth-order valence-corrected chi connectivity index (χ4v) is 1.33. The van der Waals surface area contributed by atoms with Crippen LogP contribution in [0.15, 0.2) is 18.0 Å². The lowest BCUT2D eigenvalue weighted by Crippen LogP contribution is -2.05. The zero-order valence-electron chi connectivity index (χ0n) is 9.28. The van der Waals surface area contributed by atoms with Gasteiger partial charge in [0, 0.05) is 6.54 Å². The van der Waals surface area contributed by atoms with Crippen molar-refractivity contribution in [3.63, 3.8) is 0 Å². The Bertz CT molecular complexity index is 523. The summed E-state index contributed by atoms with van der Waals surface area (Å²) in [6, 6.07) is 0. The molecule has 2 aromatic heterocycles. The van der Waals surface area contributed by atoms with E-state index in [1.54, 1.807) is 6.33 Å². The number of aromatic nitrogens is 4. The SMILES string of the molecule is CC(C)=CCNc1nc(N)nc2nc[nH]c12. The molecule has 0 bridgehead atoms. The maximum Gasteiger partial charge on any atom is 0.224 e. The fraction of sp³-hybridized carbons (Fsp3) is 0.300. The first kappa shape index (κ1) is 10.4. The average molecular weight is 218 g/mol. The van der Waals surface area contributed by atoms with Crippen molar-refractivity contribution in [1.82, 2.24) is 19.9 Å². The molecular formula is C10H14N6. The average Bonchev–Trinajstić information content (AvgIpc) is 2.64. The van der Waals surface area contributed by atoms with Crippen LogP contribution in [-0.4, -0.2) is 26.5 Å². The van der Waals surface area contributed by atoms with Crippen molar-refractivity contribution >= 4 is 22.9 Å². The van der Waals surface area contributed by atoms with Crippen LogP contribution in [0.4, 0.5) is 11.8 Å². The molecule has 0 aromatic carbocycles. The number of H-pyrrole nitrogens is 1. The Labute approximate surface area is 93.0 Å². The molecule has 0 atom stereocenters. The maximum absolute atomic E-state index is 5.58. The van der Waals surface area contributed by atoms with E-state index in [0.717, 1.165) is 5.52 Å². The van der Waals surface area contributed by atoms with Gasteiger partial charge in [0.25, 0.3) is 0 Å². The van der Waals surface area contributed by atoms with Crippen LogP contribution in [0.2, 0.25) is 0 Å². The number of anilines is 2. The van der Waals surface area contributed by atoms with Crippen LogP contribution >= 0.6 is 0 Å². The van der Waals surface area contributed by atoms with Crippen molar-refractivity contribution < 1.29 is 0 Å². The minimum Gasteiger partial charge on any atom is -0.368 e. The molecule has 0 unspecified atom stereocenters. The molecule has 2 aromatic rings. The van der Waals surface area contributed by atoms with Crippen LogP contribution in [0.3, 0.4) is 0 Å². The highest BCUT2D eigenvalue weighted by Gasteiger charge is 2.06. The fourth-order valence-electron chi connectivity index (χ4n) is 1.33. The van der Waals surface area contributed by atoms with Gasteiger partial charge in [-0.2, -0.15) is 9.97 Å². The van der Waals surface area contributed by atoms with Gasteiger partial charge in [0.2, 0.25) is 5.95 Å². The molecule has 4 N–H and O–H groups in total. The first-order valence-electron chi connectivity index (χ1n) is 5.00. The van der Waals surface area contributed by atoms with E-state index in [0.29, 0.717) is 18.0 Å². The molecule has 0 aliphatic carbocycles. The summed E-state index contributed by atoms with van der Waals surface area (Å²) >= 11 is 0. The van der Waals surface area contributed by atoms with Crippen molar-refractivity contribution in [3.8, 4) is 0 Å². The summed E-state index contributed by atoms with van der Waals surface area (Å²) in [6.45, 7) is 4.79. The molecule has 2 heterocycles. The third-order valence-electron chi connectivity index (χ3n) is 2.08. The van der Waals surface area contributed by atoms with Gasteiger partial charge in [0.05, 0.1) is 6.33 Å². The smallest absolute Gasteiger partial charge is 0.224 e. The Balaban J connectivity index is 2.28. The summed E-state index contributed by atoms with van der Waals surface area (Å²) in [4.78, 5) is 15.2. The first-order chi connectivity index (χ1) is 7.66. The molecule has 0 saturated heterocycles. The summed E-state index contributed by atoms with van der Waals surface area (Å²) in [7, 11) is 0. The van der Waals surface area contributed by atoms with Gasteiger partial charge in [-0.05, 0) is 13.8 Å². The van der Waals surface area contributed by atoms with Gasteiger partial charge in [0.15, 0.2) is 11.5 Å². The second-order valence-corrected chi connectivity index (χ2v) is 3.69. The lowest BCUT2D eigenvalue weighted by atomic mass is 10.3. The number of allylic oxidation sites excluding steroid dienone is 1. The minimum absolute atomic E-state index is 0.222. The standard InChI is InChI=1S/C10H14N6/c1-6(2)3-4-12-8-7-9(14-5-13-7)16-10(11)15-8/h3,5H,4H2,1-2H3,(H4,11,12,13,14,15,16). The lowest BCUT2D eigenvalue weighted by molar-refractivity contribution is 1.17. The van der Waals surface area contributed by atoms with Crippen molar-refractivity contribution in [1.29, 1.82) is 0 Å². The van der Waals surface area contributed by atoms with Crippen LogP contribution in [0.1, 0.15) is 13.8 Å². The number of imidazole rings is 1. The molecular weight excluding hydrogens is 204 g/mol. The molecule has 0 spiro atoms. The summed E-state index contributed by atoms with van der Waals surface area (Å²) < 4.78 is 0. The number of aromatic amines is 1. The summed E-state index contributed by atoms with van der Waals surface area (Å²) in [6.07, 6.45) is 3.64. The minimum atomic E-state index is 0.222. The zero-order chi connectivity index (χ0) is 11.5. The van der Waals surface area contributed by atoms with Crippen LogP contribution in [0.5, 0.6) is 0 Å².